The van der Waals surface area contributed by atoms with Crippen molar-refractivity contribution in [2.75, 3.05) is 5.32 Å². The van der Waals surface area contributed by atoms with Gasteiger partial charge in [0, 0.05) is 16.8 Å². The van der Waals surface area contributed by atoms with Crippen molar-refractivity contribution in [3.05, 3.63) is 77.9 Å². The third-order valence-electron chi connectivity index (χ3n) is 5.43. The quantitative estimate of drug-likeness (QED) is 0.343. The maximum Gasteiger partial charge on any atom is 0.255 e. The first-order valence-corrected chi connectivity index (χ1v) is 11.0. The van der Waals surface area contributed by atoms with Crippen LogP contribution in [0.25, 0.3) is 22.6 Å². The topological polar surface area (TPSA) is 64.4 Å². The predicted molar refractivity (Wildman–Crippen MR) is 128 cm³/mol. The van der Waals surface area contributed by atoms with Gasteiger partial charge in [0.1, 0.15) is 11.3 Å². The normalized spacial score (nSPS) is 12.2. The zero-order valence-corrected chi connectivity index (χ0v) is 18.9. The molecule has 0 spiro atoms. The molecule has 5 nitrogen and oxygen atoms in total. The monoisotopic (exact) mass is 428 g/mol. The zero-order valence-electron chi connectivity index (χ0n) is 18.9. The van der Waals surface area contributed by atoms with Crippen LogP contribution in [-0.2, 0) is 0 Å². The Morgan fingerprint density at radius 2 is 1.84 bits per heavy atom. The number of anilines is 1. The molecule has 1 aromatic heterocycles. The molecule has 0 aliphatic carbocycles. The summed E-state index contributed by atoms with van der Waals surface area (Å²) in [5.74, 6) is 1.48. The van der Waals surface area contributed by atoms with Crippen LogP contribution in [0.2, 0.25) is 0 Å². The number of carbonyl (C=O) groups is 1. The number of aromatic nitrogens is 1. The summed E-state index contributed by atoms with van der Waals surface area (Å²) >= 11 is 0. The first-order valence-electron chi connectivity index (χ1n) is 11.0. The van der Waals surface area contributed by atoms with E-state index in [1.165, 1.54) is 5.56 Å². The van der Waals surface area contributed by atoms with Crippen LogP contribution in [0, 0.1) is 0 Å². The van der Waals surface area contributed by atoms with E-state index in [0.717, 1.165) is 23.1 Å². The Morgan fingerprint density at radius 1 is 1.03 bits per heavy atom. The Labute approximate surface area is 188 Å². The fourth-order valence-electron chi connectivity index (χ4n) is 3.53. The molecular weight excluding hydrogens is 400 g/mol. The SMILES string of the molecule is CC[C@@H](C)c1ccc2oc(-c3cccc(NC(=O)c4cccc(OC(C)C)c4)c3)nc2c1. The van der Waals surface area contributed by atoms with Gasteiger partial charge < -0.3 is 14.5 Å². The summed E-state index contributed by atoms with van der Waals surface area (Å²) in [5.41, 5.74) is 4.86. The Hall–Kier alpha value is -3.60. The molecule has 0 aliphatic heterocycles. The second-order valence-corrected chi connectivity index (χ2v) is 8.28. The summed E-state index contributed by atoms with van der Waals surface area (Å²) in [6.07, 6.45) is 1.12. The standard InChI is InChI=1S/C27H28N2O3/c1-5-18(4)19-12-13-25-24(16-19)29-27(32-25)21-9-6-10-22(14-21)28-26(30)20-8-7-11-23(15-20)31-17(2)3/h6-18H,5H2,1-4H3,(H,28,30)/t18-/m1/s1. The van der Waals surface area contributed by atoms with Gasteiger partial charge in [0.05, 0.1) is 6.10 Å². The number of oxazole rings is 1. The highest BCUT2D eigenvalue weighted by molar-refractivity contribution is 6.04. The lowest BCUT2D eigenvalue weighted by Gasteiger charge is -2.11. The van der Waals surface area contributed by atoms with E-state index in [0.29, 0.717) is 28.8 Å². The van der Waals surface area contributed by atoms with Gasteiger partial charge in [0.25, 0.3) is 5.91 Å². The molecule has 4 aromatic rings. The Kier molecular flexibility index (Phi) is 6.26. The molecule has 4 rings (SSSR count). The van der Waals surface area contributed by atoms with E-state index in [2.05, 4.69) is 36.3 Å². The van der Waals surface area contributed by atoms with Gasteiger partial charge in [-0.1, -0.05) is 32.0 Å². The van der Waals surface area contributed by atoms with Crippen molar-refractivity contribution < 1.29 is 13.9 Å². The maximum absolute atomic E-state index is 12.8. The lowest BCUT2D eigenvalue weighted by Crippen LogP contribution is -2.12. The van der Waals surface area contributed by atoms with Gasteiger partial charge in [-0.15, -0.1) is 0 Å². The highest BCUT2D eigenvalue weighted by atomic mass is 16.5. The smallest absolute Gasteiger partial charge is 0.255 e. The minimum Gasteiger partial charge on any atom is -0.491 e. The molecule has 0 bridgehead atoms. The molecule has 0 unspecified atom stereocenters. The molecule has 32 heavy (non-hydrogen) atoms. The first-order chi connectivity index (χ1) is 15.4. The number of amides is 1. The van der Waals surface area contributed by atoms with Gasteiger partial charge in [-0.05, 0) is 80.3 Å². The number of hydrogen-bond donors (Lipinski definition) is 1. The van der Waals surface area contributed by atoms with Crippen molar-refractivity contribution in [3.8, 4) is 17.2 Å². The predicted octanol–water partition coefficient (Wildman–Crippen LogP) is 7.05. The van der Waals surface area contributed by atoms with Crippen LogP contribution in [0.15, 0.2) is 71.1 Å². The van der Waals surface area contributed by atoms with E-state index in [4.69, 9.17) is 9.15 Å². The number of ether oxygens (including phenoxy) is 1. The van der Waals surface area contributed by atoms with Crippen molar-refractivity contribution in [2.45, 2.75) is 46.1 Å². The third kappa shape index (κ3) is 4.83. The maximum atomic E-state index is 12.8. The van der Waals surface area contributed by atoms with E-state index in [1.54, 1.807) is 12.1 Å². The van der Waals surface area contributed by atoms with Gasteiger partial charge in [0.2, 0.25) is 5.89 Å². The van der Waals surface area contributed by atoms with Crippen molar-refractivity contribution >= 4 is 22.7 Å². The highest BCUT2D eigenvalue weighted by Gasteiger charge is 2.13. The molecule has 0 aliphatic rings. The van der Waals surface area contributed by atoms with Gasteiger partial charge >= 0.3 is 0 Å². The van der Waals surface area contributed by atoms with E-state index in [9.17, 15) is 4.79 Å². The van der Waals surface area contributed by atoms with Crippen LogP contribution in [-0.4, -0.2) is 17.0 Å². The summed E-state index contributed by atoms with van der Waals surface area (Å²) in [5, 5.41) is 2.95. The average Bonchev–Trinajstić information content (AvgIpc) is 3.22. The molecular formula is C27H28N2O3. The first kappa shape index (κ1) is 21.6. The van der Waals surface area contributed by atoms with Crippen LogP contribution in [0.5, 0.6) is 5.75 Å². The zero-order chi connectivity index (χ0) is 22.7. The highest BCUT2D eigenvalue weighted by Crippen LogP contribution is 2.29. The number of benzene rings is 3. The van der Waals surface area contributed by atoms with E-state index >= 15 is 0 Å². The van der Waals surface area contributed by atoms with Crippen LogP contribution >= 0.6 is 0 Å². The van der Waals surface area contributed by atoms with E-state index in [-0.39, 0.29) is 12.0 Å². The minimum absolute atomic E-state index is 0.0440. The number of carbonyl (C=O) groups excluding carboxylic acids is 1. The molecule has 1 heterocycles. The minimum atomic E-state index is -0.202. The van der Waals surface area contributed by atoms with E-state index in [1.807, 2.05) is 56.3 Å². The molecule has 0 saturated carbocycles. The molecule has 3 aromatic carbocycles. The fourth-order valence-corrected chi connectivity index (χ4v) is 3.53. The molecule has 1 N–H and O–H groups in total. The number of nitrogens with zero attached hydrogens (tertiary/aromatic N) is 1. The van der Waals surface area contributed by atoms with Gasteiger partial charge in [-0.2, -0.15) is 0 Å². The average molecular weight is 429 g/mol. The van der Waals surface area contributed by atoms with Crippen LogP contribution in [0.4, 0.5) is 5.69 Å². The fraction of sp³-hybridized carbons (Fsp3) is 0.259. The Balaban J connectivity index is 1.55. The molecule has 5 heteroatoms. The second-order valence-electron chi connectivity index (χ2n) is 8.28. The van der Waals surface area contributed by atoms with Crippen LogP contribution in [0.1, 0.15) is 56.0 Å². The number of rotatable bonds is 7. The number of hydrogen-bond acceptors (Lipinski definition) is 4. The van der Waals surface area contributed by atoms with Gasteiger partial charge in [-0.3, -0.25) is 4.79 Å². The summed E-state index contributed by atoms with van der Waals surface area (Å²) in [4.78, 5) is 17.4. The Morgan fingerprint density at radius 3 is 2.62 bits per heavy atom. The molecule has 0 saturated heterocycles. The third-order valence-corrected chi connectivity index (χ3v) is 5.43. The van der Waals surface area contributed by atoms with Crippen LogP contribution in [0.3, 0.4) is 0 Å². The van der Waals surface area contributed by atoms with E-state index < -0.39 is 0 Å². The molecule has 0 fully saturated rings. The van der Waals surface area contributed by atoms with Crippen molar-refractivity contribution in [1.82, 2.24) is 4.98 Å². The summed E-state index contributed by atoms with van der Waals surface area (Å²) in [6.45, 7) is 8.29. The van der Waals surface area contributed by atoms with Crippen molar-refractivity contribution in [1.29, 1.82) is 0 Å². The van der Waals surface area contributed by atoms with Crippen LogP contribution < -0.4 is 10.1 Å². The number of fused-ring (bicyclic) bond motifs is 1. The lowest BCUT2D eigenvalue weighted by atomic mass is 9.98. The van der Waals surface area contributed by atoms with Crippen molar-refractivity contribution in [3.63, 3.8) is 0 Å². The molecule has 164 valence electrons. The molecule has 1 atom stereocenters. The number of nitrogens with one attached hydrogen (secondary N) is 1. The lowest BCUT2D eigenvalue weighted by molar-refractivity contribution is 0.102. The summed E-state index contributed by atoms with van der Waals surface area (Å²) < 4.78 is 11.7. The largest absolute Gasteiger partial charge is 0.491 e. The molecule has 0 radical (unpaired) electrons. The molecule has 1 amide bonds. The second kappa shape index (κ2) is 9.27. The summed E-state index contributed by atoms with van der Waals surface area (Å²) in [7, 11) is 0. The van der Waals surface area contributed by atoms with Gasteiger partial charge in [0.15, 0.2) is 5.58 Å². The van der Waals surface area contributed by atoms with Crippen molar-refractivity contribution in [2.24, 2.45) is 0 Å². The Bertz CT molecular complexity index is 1240. The summed E-state index contributed by atoms with van der Waals surface area (Å²) in [6, 6.07) is 20.9. The van der Waals surface area contributed by atoms with Gasteiger partial charge in [-0.25, -0.2) is 4.98 Å².